The molecule has 1 heterocycles. The van der Waals surface area contributed by atoms with Crippen LogP contribution in [0.2, 0.25) is 4.34 Å². The van der Waals surface area contributed by atoms with Gasteiger partial charge in [0.15, 0.2) is 0 Å². The van der Waals surface area contributed by atoms with E-state index in [4.69, 9.17) is 28.6 Å². The van der Waals surface area contributed by atoms with Gasteiger partial charge in [0.1, 0.15) is 6.61 Å². The maximum atomic E-state index is 11.5. The van der Waals surface area contributed by atoms with Gasteiger partial charge in [0.2, 0.25) is 0 Å². The second-order valence-corrected chi connectivity index (χ2v) is 4.53. The van der Waals surface area contributed by atoms with Crippen LogP contribution in [0, 0.1) is 0 Å². The fourth-order valence-corrected chi connectivity index (χ4v) is 1.86. The van der Waals surface area contributed by atoms with Gasteiger partial charge in [0.25, 0.3) is 11.1 Å². The zero-order valence-corrected chi connectivity index (χ0v) is 10.0. The average molecular weight is 262 g/mol. The number of carbonyl (C=O) groups excluding carboxylic acids is 1. The molecule has 0 aliphatic carbocycles. The van der Waals surface area contributed by atoms with Crippen LogP contribution < -0.4 is 5.32 Å². The molecular weight excluding hydrogens is 254 g/mol. The van der Waals surface area contributed by atoms with E-state index >= 15 is 0 Å². The van der Waals surface area contributed by atoms with E-state index in [-0.39, 0.29) is 17.7 Å². The van der Waals surface area contributed by atoms with E-state index in [9.17, 15) is 4.79 Å². The number of ether oxygens (including phenoxy) is 1. The highest BCUT2D eigenvalue weighted by Gasteiger charge is 2.10. The molecule has 0 spiro atoms. The summed E-state index contributed by atoms with van der Waals surface area (Å²) in [6.45, 7) is 3.73. The highest BCUT2D eigenvalue weighted by Crippen LogP contribution is 2.20. The first kappa shape index (κ1) is 12.2. The minimum atomic E-state index is -0.319. The first-order valence-corrected chi connectivity index (χ1v) is 5.58. The van der Waals surface area contributed by atoms with E-state index in [1.54, 1.807) is 18.2 Å². The van der Waals surface area contributed by atoms with E-state index in [2.05, 4.69) is 11.9 Å². The number of hydrogen-bond acceptors (Lipinski definition) is 4. The number of nitrogens with one attached hydrogen (secondary N) is 1. The lowest BCUT2D eigenvalue weighted by Gasteiger charge is -2.05. The minimum Gasteiger partial charge on any atom is -0.467 e. The van der Waals surface area contributed by atoms with Gasteiger partial charge in [-0.15, -0.1) is 11.3 Å². The third-order valence-electron chi connectivity index (χ3n) is 1.34. The summed E-state index contributed by atoms with van der Waals surface area (Å²) in [5.41, 5.74) is 0. The number of amides is 1. The van der Waals surface area contributed by atoms with Crippen LogP contribution in [0.25, 0.3) is 0 Å². The third-order valence-corrected chi connectivity index (χ3v) is 2.79. The van der Waals surface area contributed by atoms with Crippen LogP contribution in [-0.4, -0.2) is 17.7 Å². The molecular formula is C9H8ClNO2S2. The normalized spacial score (nSPS) is 9.40. The van der Waals surface area contributed by atoms with Gasteiger partial charge >= 0.3 is 0 Å². The molecule has 0 bridgehead atoms. The quantitative estimate of drug-likeness (QED) is 0.672. The van der Waals surface area contributed by atoms with Gasteiger partial charge in [-0.1, -0.05) is 24.3 Å². The van der Waals surface area contributed by atoms with Crippen molar-refractivity contribution in [2.45, 2.75) is 0 Å². The molecule has 80 valence electrons. The predicted molar refractivity (Wildman–Crippen MR) is 65.5 cm³/mol. The monoisotopic (exact) mass is 261 g/mol. The molecule has 0 aliphatic heterocycles. The van der Waals surface area contributed by atoms with Gasteiger partial charge in [-0.2, -0.15) is 0 Å². The van der Waals surface area contributed by atoms with Crippen molar-refractivity contribution >= 4 is 46.2 Å². The van der Waals surface area contributed by atoms with Crippen molar-refractivity contribution in [3.63, 3.8) is 0 Å². The molecule has 1 amide bonds. The molecule has 15 heavy (non-hydrogen) atoms. The Kier molecular flexibility index (Phi) is 4.74. The van der Waals surface area contributed by atoms with Crippen LogP contribution in [-0.2, 0) is 4.74 Å². The molecule has 1 aromatic heterocycles. The number of thiophene rings is 1. The summed E-state index contributed by atoms with van der Waals surface area (Å²) >= 11 is 11.6. The van der Waals surface area contributed by atoms with Crippen molar-refractivity contribution in [1.82, 2.24) is 5.32 Å². The summed E-state index contributed by atoms with van der Waals surface area (Å²) in [4.78, 5) is 12.0. The van der Waals surface area contributed by atoms with Crippen LogP contribution in [0.5, 0.6) is 0 Å². The summed E-state index contributed by atoms with van der Waals surface area (Å²) in [5, 5.41) is 2.45. The topological polar surface area (TPSA) is 38.3 Å². The van der Waals surface area contributed by atoms with Crippen molar-refractivity contribution in [3.8, 4) is 0 Å². The minimum absolute atomic E-state index is 0.0319. The van der Waals surface area contributed by atoms with Gasteiger partial charge in [-0.3, -0.25) is 10.1 Å². The van der Waals surface area contributed by atoms with Crippen molar-refractivity contribution < 1.29 is 9.53 Å². The molecule has 0 fully saturated rings. The first-order chi connectivity index (χ1) is 7.13. The second kappa shape index (κ2) is 5.85. The zero-order chi connectivity index (χ0) is 11.3. The highest BCUT2D eigenvalue weighted by molar-refractivity contribution is 7.80. The number of halogens is 1. The Morgan fingerprint density at radius 1 is 1.73 bits per heavy atom. The fraction of sp³-hybridized carbons (Fsp3) is 0.111. The Balaban J connectivity index is 2.49. The van der Waals surface area contributed by atoms with Crippen LogP contribution in [0.1, 0.15) is 9.67 Å². The molecule has 0 saturated carbocycles. The lowest BCUT2D eigenvalue weighted by atomic mass is 10.4. The molecule has 6 heteroatoms. The van der Waals surface area contributed by atoms with Gasteiger partial charge in [0.05, 0.1) is 9.21 Å². The fourth-order valence-electron chi connectivity index (χ4n) is 0.761. The number of carbonyl (C=O) groups is 1. The molecule has 0 aliphatic rings. The molecule has 0 unspecified atom stereocenters. The smallest absolute Gasteiger partial charge is 0.268 e. The molecule has 0 atom stereocenters. The Morgan fingerprint density at radius 3 is 3.00 bits per heavy atom. The van der Waals surface area contributed by atoms with Gasteiger partial charge < -0.3 is 4.74 Å². The van der Waals surface area contributed by atoms with E-state index < -0.39 is 0 Å². The molecule has 0 saturated heterocycles. The predicted octanol–water partition coefficient (Wildman–Crippen LogP) is 2.62. The molecule has 0 aromatic carbocycles. The van der Waals surface area contributed by atoms with Crippen molar-refractivity contribution in [1.29, 1.82) is 0 Å². The number of hydrogen-bond donors (Lipinski definition) is 1. The maximum absolute atomic E-state index is 11.5. The van der Waals surface area contributed by atoms with E-state index in [1.807, 2.05) is 0 Å². The number of rotatable bonds is 3. The maximum Gasteiger partial charge on any atom is 0.268 e. The van der Waals surface area contributed by atoms with E-state index in [0.717, 1.165) is 0 Å². The Labute approximate surface area is 102 Å². The van der Waals surface area contributed by atoms with Gasteiger partial charge in [0, 0.05) is 0 Å². The molecule has 1 rings (SSSR count). The highest BCUT2D eigenvalue weighted by atomic mass is 35.5. The summed E-state index contributed by atoms with van der Waals surface area (Å²) in [5.74, 6) is -0.319. The SMILES string of the molecule is C=CCOC(=S)NC(=O)c1ccc(Cl)s1. The Morgan fingerprint density at radius 2 is 2.47 bits per heavy atom. The molecule has 1 aromatic rings. The van der Waals surface area contributed by atoms with Crippen molar-refractivity contribution in [3.05, 3.63) is 34.0 Å². The van der Waals surface area contributed by atoms with Crippen LogP contribution in [0.4, 0.5) is 0 Å². The Bertz CT molecular complexity index is 389. The first-order valence-electron chi connectivity index (χ1n) is 3.98. The lowest BCUT2D eigenvalue weighted by molar-refractivity contribution is 0.0973. The Hall–Kier alpha value is -0.910. The van der Waals surface area contributed by atoms with E-state index in [0.29, 0.717) is 9.21 Å². The van der Waals surface area contributed by atoms with Gasteiger partial charge in [-0.25, -0.2) is 0 Å². The lowest BCUT2D eigenvalue weighted by Crippen LogP contribution is -2.30. The zero-order valence-electron chi connectivity index (χ0n) is 7.66. The summed E-state index contributed by atoms with van der Waals surface area (Å²) in [6, 6.07) is 3.27. The average Bonchev–Trinajstić information content (AvgIpc) is 2.61. The van der Waals surface area contributed by atoms with Crippen LogP contribution in [0.3, 0.4) is 0 Å². The second-order valence-electron chi connectivity index (χ2n) is 2.45. The summed E-state index contributed by atoms with van der Waals surface area (Å²) in [6.07, 6.45) is 1.54. The molecule has 1 N–H and O–H groups in total. The van der Waals surface area contributed by atoms with Crippen LogP contribution >= 0.6 is 35.2 Å². The third kappa shape index (κ3) is 3.99. The van der Waals surface area contributed by atoms with Crippen molar-refractivity contribution in [2.24, 2.45) is 0 Å². The standard InChI is InChI=1S/C9H8ClNO2S2/c1-2-5-13-9(14)11-8(12)6-3-4-7(10)15-6/h2-4H,1,5H2,(H,11,12,14). The largest absolute Gasteiger partial charge is 0.467 e. The van der Waals surface area contributed by atoms with Crippen LogP contribution in [0.15, 0.2) is 24.8 Å². The molecule has 0 radical (unpaired) electrons. The summed E-state index contributed by atoms with van der Waals surface area (Å²) < 4.78 is 5.50. The van der Waals surface area contributed by atoms with E-state index in [1.165, 1.54) is 11.3 Å². The summed E-state index contributed by atoms with van der Waals surface area (Å²) in [7, 11) is 0. The molecule has 3 nitrogen and oxygen atoms in total. The van der Waals surface area contributed by atoms with Crippen molar-refractivity contribution in [2.75, 3.05) is 6.61 Å². The van der Waals surface area contributed by atoms with Gasteiger partial charge in [-0.05, 0) is 24.4 Å². The number of thiocarbonyl (C=S) groups is 1.